The topological polar surface area (TPSA) is 452 Å². The molecule has 0 fully saturated rings. The van der Waals surface area contributed by atoms with Crippen molar-refractivity contribution in [1.29, 1.82) is 0 Å². The lowest BCUT2D eigenvalue weighted by Gasteiger charge is -2.35. The van der Waals surface area contributed by atoms with E-state index in [1.165, 1.54) is 4.90 Å². The van der Waals surface area contributed by atoms with Gasteiger partial charge in [-0.05, 0) is 80.2 Å². The summed E-state index contributed by atoms with van der Waals surface area (Å²) in [5.41, 5.74) is 26.7. The summed E-state index contributed by atoms with van der Waals surface area (Å²) in [4.78, 5) is 41.6. The van der Waals surface area contributed by atoms with E-state index < -0.39 is 87.1 Å². The van der Waals surface area contributed by atoms with Gasteiger partial charge >= 0.3 is 0 Å². The normalized spacial score (nSPS) is 15.8. The molecule has 0 unspecified atom stereocenters. The highest BCUT2D eigenvalue weighted by atomic mass is 35.5. The van der Waals surface area contributed by atoms with Crippen LogP contribution < -0.4 is 28.3 Å². The molecule has 26 nitrogen and oxygen atoms in total. The molecule has 0 bridgehead atoms. The highest BCUT2D eigenvalue weighted by Crippen LogP contribution is 2.27. The highest BCUT2D eigenvalue weighted by molar-refractivity contribution is 6.31. The van der Waals surface area contributed by atoms with Crippen LogP contribution in [0.25, 0.3) is 11.1 Å². The maximum Gasteiger partial charge on any atom is 0.280 e. The largest absolute Gasteiger partial charge is 0.394 e. The maximum atomic E-state index is 14.3. The third-order valence-corrected chi connectivity index (χ3v) is 12.4. The molecule has 0 spiro atoms. The molecule has 0 radical (unpaired) electrons. The number of hydrogen-bond acceptors (Lipinski definition) is 22. The van der Waals surface area contributed by atoms with Gasteiger partial charge in [0.25, 0.3) is 5.91 Å². The minimum Gasteiger partial charge on any atom is -0.394 e. The number of benzene rings is 2. The van der Waals surface area contributed by atoms with Crippen LogP contribution in [0, 0.1) is 0 Å². The van der Waals surface area contributed by atoms with Crippen LogP contribution in [0.3, 0.4) is 0 Å². The van der Waals surface area contributed by atoms with E-state index in [-0.39, 0.29) is 66.1 Å². The number of tetrazole rings is 1. The number of halogens is 1. The van der Waals surface area contributed by atoms with Crippen molar-refractivity contribution in [1.82, 2.24) is 45.7 Å². The number of aryl methyl sites for hydroxylation is 2. The van der Waals surface area contributed by atoms with Gasteiger partial charge in [0, 0.05) is 39.1 Å². The number of nitrogens with two attached hydrogens (primary N) is 4. The Morgan fingerprint density at radius 2 is 1.27 bits per heavy atom. The Morgan fingerprint density at radius 3 is 1.81 bits per heavy atom. The quantitative estimate of drug-likeness (QED) is 0.0130. The molecule has 27 heteroatoms. The first-order chi connectivity index (χ1) is 34.9. The predicted octanol–water partition coefficient (Wildman–Crippen LogP) is -3.26. The SMILES string of the molecule is NCCCC[C@@H](c1nn[nH]n1)N(CCCN(C[C@H](O)[C@@H](O)[C@H](O)[C@H](O)CO)C[C@H](O)[C@@H](O)[C@H](O)[C@H](O)CO)C(=O)CCc1ccc(-c2ccc(CCCCN=C(N)NC(=O)c3nc(Cl)c(N)nc3N)cc2)cc1. The number of unbranched alkanes of at least 4 members (excludes halogenated alkanes) is 2. The van der Waals surface area contributed by atoms with E-state index in [1.54, 1.807) is 4.90 Å². The number of rotatable bonds is 32. The zero-order chi connectivity index (χ0) is 53.6. The van der Waals surface area contributed by atoms with Crippen LogP contribution in [-0.4, -0.2) is 211 Å². The van der Waals surface area contributed by atoms with Crippen molar-refractivity contribution in [2.45, 2.75) is 113 Å². The fourth-order valence-electron chi connectivity index (χ4n) is 7.85. The first-order valence-corrected chi connectivity index (χ1v) is 24.3. The summed E-state index contributed by atoms with van der Waals surface area (Å²) in [6.45, 7) is -1.90. The van der Waals surface area contributed by atoms with Crippen molar-refractivity contribution in [3.05, 3.63) is 76.3 Å². The first-order valence-electron chi connectivity index (χ1n) is 23.9. The molecule has 73 heavy (non-hydrogen) atoms. The molecule has 4 aromatic rings. The number of aromatic nitrogens is 6. The summed E-state index contributed by atoms with van der Waals surface area (Å²) >= 11 is 5.85. The number of nitrogen functional groups attached to an aromatic ring is 2. The third-order valence-electron chi connectivity index (χ3n) is 12.1. The fraction of sp³-hybridized carbons (Fsp3) is 0.565. The number of aliphatic hydroxyl groups excluding tert-OH is 10. The summed E-state index contributed by atoms with van der Waals surface area (Å²) in [5, 5.41) is 118. The predicted molar refractivity (Wildman–Crippen MR) is 268 cm³/mol. The van der Waals surface area contributed by atoms with Gasteiger partial charge in [0.05, 0.1) is 31.5 Å². The van der Waals surface area contributed by atoms with Crippen LogP contribution in [0.4, 0.5) is 11.6 Å². The van der Waals surface area contributed by atoms with Crippen molar-refractivity contribution in [2.24, 2.45) is 16.5 Å². The van der Waals surface area contributed by atoms with Gasteiger partial charge < -0.3 is 78.9 Å². The monoisotopic (exact) mass is 1050 g/mol. The van der Waals surface area contributed by atoms with Crippen LogP contribution in [0.15, 0.2) is 53.5 Å². The Balaban J connectivity index is 1.38. The van der Waals surface area contributed by atoms with Crippen molar-refractivity contribution in [3.63, 3.8) is 0 Å². The summed E-state index contributed by atoms with van der Waals surface area (Å²) in [7, 11) is 0. The van der Waals surface area contributed by atoms with Crippen LogP contribution in [-0.2, 0) is 17.6 Å². The number of H-pyrrole nitrogens is 1. The molecule has 0 saturated heterocycles. The van der Waals surface area contributed by atoms with E-state index in [0.29, 0.717) is 45.2 Å². The molecule has 0 aliphatic heterocycles. The second-order valence-electron chi connectivity index (χ2n) is 17.6. The average Bonchev–Trinajstić information content (AvgIpc) is 3.93. The molecular weight excluding hydrogens is 976 g/mol. The minimum atomic E-state index is -1.96. The number of carbonyl (C=O) groups is 2. The van der Waals surface area contributed by atoms with Gasteiger partial charge in [-0.25, -0.2) is 9.97 Å². The molecule has 0 saturated carbocycles. The van der Waals surface area contributed by atoms with Gasteiger partial charge in [-0.15, -0.1) is 10.2 Å². The Hall–Kier alpha value is -5.59. The molecule has 20 N–H and O–H groups in total. The standard InChI is InChI=1S/C46H71ClN14O12/c47-41-43(50)54-42(49)36(53-41)45(73)55-46(51)52-19-4-2-6-26-8-13-28(14-9-26)29-15-10-27(11-16-29)12-17-35(68)61(30(7-1-3-18-48)44-56-58-59-57-44)21-5-20-60(22-31(64)37(69)39(71)33(66)24-62)23-32(65)38(70)40(72)34(67)25-63/h8-11,13-16,30-34,37-40,62-67,69-72H,1-7,12,17-25,48H2,(H4,49,50,54)(H3,51,52,55,73)(H,56,57,58,59)/t30-,31-,32-,33+,34+,37+,38+,39+,40+/m0/s1. The van der Waals surface area contributed by atoms with Gasteiger partial charge in [-0.2, -0.15) is 5.21 Å². The molecule has 2 aromatic heterocycles. The Bertz CT molecular complexity index is 2260. The van der Waals surface area contributed by atoms with Gasteiger partial charge in [0.15, 0.2) is 34.3 Å². The van der Waals surface area contributed by atoms with Crippen LogP contribution >= 0.6 is 11.6 Å². The zero-order valence-corrected chi connectivity index (χ0v) is 41.1. The van der Waals surface area contributed by atoms with Gasteiger partial charge in [-0.1, -0.05) is 65.3 Å². The lowest BCUT2D eigenvalue weighted by Crippen LogP contribution is -2.53. The van der Waals surface area contributed by atoms with Crippen LogP contribution in [0.1, 0.15) is 78.4 Å². The summed E-state index contributed by atoms with van der Waals surface area (Å²) in [6, 6.07) is 15.4. The second-order valence-corrected chi connectivity index (χ2v) is 17.9. The average molecular weight is 1050 g/mol. The van der Waals surface area contributed by atoms with Gasteiger partial charge in [-0.3, -0.25) is 24.8 Å². The Kier molecular flexibility index (Phi) is 25.1. The number of amides is 2. The van der Waals surface area contributed by atoms with Crippen LogP contribution in [0.2, 0.25) is 5.15 Å². The first kappa shape index (κ1) is 60.0. The number of aromatic amines is 1. The smallest absolute Gasteiger partial charge is 0.280 e. The van der Waals surface area contributed by atoms with Crippen molar-refractivity contribution >= 4 is 41.0 Å². The minimum absolute atomic E-state index is 0.0107. The van der Waals surface area contributed by atoms with Crippen molar-refractivity contribution < 1.29 is 60.7 Å². The molecule has 9 atom stereocenters. The molecule has 2 heterocycles. The molecule has 4 rings (SSSR count). The molecular formula is C46H71ClN14O12. The fourth-order valence-corrected chi connectivity index (χ4v) is 7.98. The summed E-state index contributed by atoms with van der Waals surface area (Å²) in [6.07, 6.45) is -10.3. The number of aliphatic hydroxyl groups is 10. The number of guanidine groups is 1. The highest BCUT2D eigenvalue weighted by Gasteiger charge is 2.35. The molecule has 404 valence electrons. The Labute approximate surface area is 426 Å². The maximum absolute atomic E-state index is 14.3. The number of anilines is 2. The van der Waals surface area contributed by atoms with Crippen LogP contribution in [0.5, 0.6) is 0 Å². The van der Waals surface area contributed by atoms with E-state index in [0.717, 1.165) is 35.1 Å². The lowest BCUT2D eigenvalue weighted by atomic mass is 9.99. The van der Waals surface area contributed by atoms with E-state index in [4.69, 9.17) is 34.5 Å². The van der Waals surface area contributed by atoms with Crippen molar-refractivity contribution in [3.8, 4) is 11.1 Å². The summed E-state index contributed by atoms with van der Waals surface area (Å²) < 4.78 is 0. The number of nitrogens with zero attached hydrogens (tertiary/aromatic N) is 8. The Morgan fingerprint density at radius 1 is 0.712 bits per heavy atom. The third kappa shape index (κ3) is 18.7. The van der Waals surface area contributed by atoms with Crippen molar-refractivity contribution in [2.75, 3.05) is 63.9 Å². The molecule has 0 aliphatic rings. The second kappa shape index (κ2) is 30.6. The lowest BCUT2D eigenvalue weighted by molar-refractivity contribution is -0.135. The van der Waals surface area contributed by atoms with E-state index in [2.05, 4.69) is 40.9 Å². The van der Waals surface area contributed by atoms with E-state index >= 15 is 0 Å². The number of aliphatic imine (C=N–C) groups is 1. The number of carbonyl (C=O) groups excluding carboxylic acids is 2. The van der Waals surface area contributed by atoms with E-state index in [1.807, 2.05) is 48.5 Å². The zero-order valence-electron chi connectivity index (χ0n) is 40.4. The molecule has 2 aromatic carbocycles. The van der Waals surface area contributed by atoms with Gasteiger partial charge in [0.2, 0.25) is 5.91 Å². The summed E-state index contributed by atoms with van der Waals surface area (Å²) in [5.74, 6) is -1.09. The van der Waals surface area contributed by atoms with Gasteiger partial charge in [0.1, 0.15) is 36.6 Å². The number of hydrogen-bond donors (Lipinski definition) is 16. The number of nitrogens with one attached hydrogen (secondary N) is 2. The molecule has 0 aliphatic carbocycles. The molecule has 2 amide bonds. The van der Waals surface area contributed by atoms with E-state index in [9.17, 15) is 60.7 Å².